The molecule has 0 fully saturated rings. The number of alkyl halides is 3. The molecule has 0 aliphatic heterocycles. The van der Waals surface area contributed by atoms with E-state index >= 15 is 13.2 Å². The molecule has 2 aromatic heterocycles. The normalized spacial score (nSPS) is 11.8. The first-order valence-corrected chi connectivity index (χ1v) is 26.1. The largest absolute Gasteiger partial charge is 0.415 e. The SMILES string of the molecule is [C-]#[N+]c1ccc(-c2cc(-n3c4ccc(-c5cc(C)cc(C)c5)cc4c4ccc(-c5cc(C)cc(C)c5)cc43)c(-n3c4cc(-c5cc(C)cc(C)c5)ccc4c4ccc(-c5cc(C)cc(C)c5)cc43)cc2[N+]#[C-])c(C(F)(F)F)c1. The fraction of sp³-hybridized carbons (Fsp3) is 0.127. The minimum Gasteiger partial charge on any atom is -0.308 e. The van der Waals surface area contributed by atoms with Gasteiger partial charge in [0.25, 0.3) is 0 Å². The highest BCUT2D eigenvalue weighted by Crippen LogP contribution is 2.48. The number of hydrogen-bond donors (Lipinski definition) is 0. The Morgan fingerprint density at radius 2 is 0.692 bits per heavy atom. The predicted octanol–water partition coefficient (Wildman–Crippen LogP) is 20.8. The Balaban J connectivity index is 1.27. The number of halogens is 3. The van der Waals surface area contributed by atoms with E-state index in [2.05, 4.69) is 220 Å². The van der Waals surface area contributed by atoms with Gasteiger partial charge in [0.1, 0.15) is 0 Å². The van der Waals surface area contributed by atoms with E-state index in [-0.39, 0.29) is 22.5 Å². The van der Waals surface area contributed by atoms with E-state index in [1.165, 1.54) is 12.1 Å². The minimum absolute atomic E-state index is 0.0366. The van der Waals surface area contributed by atoms with Crippen LogP contribution in [0.25, 0.3) is 120 Å². The van der Waals surface area contributed by atoms with Crippen molar-refractivity contribution in [1.82, 2.24) is 9.13 Å². The molecule has 0 saturated carbocycles. The zero-order valence-corrected chi connectivity index (χ0v) is 44.7. The number of aryl methyl sites for hydroxylation is 8. The first-order chi connectivity index (χ1) is 37.4. The molecule has 0 aliphatic carbocycles. The molecule has 7 heteroatoms. The highest BCUT2D eigenvalue weighted by molar-refractivity contribution is 6.14. The summed E-state index contributed by atoms with van der Waals surface area (Å²) in [7, 11) is 0. The summed E-state index contributed by atoms with van der Waals surface area (Å²) in [5.74, 6) is 0. The monoisotopic (exact) mass is 1020 g/mol. The minimum atomic E-state index is -4.84. The van der Waals surface area contributed by atoms with E-state index in [0.717, 1.165) is 139 Å². The summed E-state index contributed by atoms with van der Waals surface area (Å²) < 4.78 is 50.9. The van der Waals surface area contributed by atoms with Crippen LogP contribution in [0.2, 0.25) is 0 Å². The number of nitrogens with zero attached hydrogens (tertiary/aromatic N) is 4. The molecule has 4 nitrogen and oxygen atoms in total. The van der Waals surface area contributed by atoms with Crippen molar-refractivity contribution >= 4 is 55.0 Å². The van der Waals surface area contributed by atoms with Crippen molar-refractivity contribution in [3.63, 3.8) is 0 Å². The molecule has 0 unspecified atom stereocenters. The lowest BCUT2D eigenvalue weighted by atomic mass is 9.95. The van der Waals surface area contributed by atoms with Gasteiger partial charge < -0.3 is 9.13 Å². The van der Waals surface area contributed by atoms with Crippen LogP contribution in [0.4, 0.5) is 24.5 Å². The highest BCUT2D eigenvalue weighted by Gasteiger charge is 2.35. The third kappa shape index (κ3) is 8.68. The standard InChI is InChI=1S/C71H53F3N4/c1-40-21-41(2)26-52(25-40)48-14-20-65-62(33-48)60-18-13-51(55-31-46(7)24-47(8)32-55)36-68(60)77(65)69-38-61(57-19-15-56(75-9)37-63(57)71(72,73)74)64(76-10)39-70(69)78-66-34-49(53-27-42(3)22-43(4)28-53)11-16-58(66)59-17-12-50(35-67(59)78)54-29-44(5)23-45(6)30-54/h11-39H,1-8H3. The van der Waals surface area contributed by atoms with Crippen LogP contribution in [-0.2, 0) is 6.18 Å². The maximum atomic E-state index is 15.5. The van der Waals surface area contributed by atoms with Crippen LogP contribution in [0.15, 0.2) is 176 Å². The quantitative estimate of drug-likeness (QED) is 0.142. The maximum absolute atomic E-state index is 15.5. The van der Waals surface area contributed by atoms with Gasteiger partial charge in [-0.05, 0) is 160 Å². The van der Waals surface area contributed by atoms with E-state index in [1.807, 2.05) is 0 Å². The third-order valence-electron chi connectivity index (χ3n) is 15.2. The predicted molar refractivity (Wildman–Crippen MR) is 318 cm³/mol. The van der Waals surface area contributed by atoms with Gasteiger partial charge in [-0.2, -0.15) is 13.2 Å². The second-order valence-electron chi connectivity index (χ2n) is 21.4. The van der Waals surface area contributed by atoms with Gasteiger partial charge >= 0.3 is 6.18 Å². The first kappa shape index (κ1) is 49.4. The number of rotatable bonds is 7. The molecule has 0 N–H and O–H groups in total. The molecule has 2 heterocycles. The van der Waals surface area contributed by atoms with Gasteiger partial charge in [-0.3, -0.25) is 0 Å². The molecular formula is C71H53F3N4. The Morgan fingerprint density at radius 1 is 0.321 bits per heavy atom. The molecule has 12 aromatic rings. The molecule has 0 aliphatic rings. The van der Waals surface area contributed by atoms with E-state index in [9.17, 15) is 0 Å². The van der Waals surface area contributed by atoms with Crippen LogP contribution in [0.5, 0.6) is 0 Å². The van der Waals surface area contributed by atoms with Crippen LogP contribution in [0.1, 0.15) is 50.1 Å². The van der Waals surface area contributed by atoms with Crippen molar-refractivity contribution in [2.75, 3.05) is 0 Å². The fourth-order valence-corrected chi connectivity index (χ4v) is 12.1. The maximum Gasteiger partial charge on any atom is 0.415 e. The van der Waals surface area contributed by atoms with E-state index in [1.54, 1.807) is 12.1 Å². The van der Waals surface area contributed by atoms with Crippen molar-refractivity contribution in [1.29, 1.82) is 0 Å². The smallest absolute Gasteiger partial charge is 0.308 e. The van der Waals surface area contributed by atoms with E-state index in [4.69, 9.17) is 13.1 Å². The molecular weight excluding hydrogens is 966 g/mol. The zero-order valence-electron chi connectivity index (χ0n) is 44.7. The summed E-state index contributed by atoms with van der Waals surface area (Å²) in [6, 6.07) is 59.4. The van der Waals surface area contributed by atoms with Gasteiger partial charge in [0.15, 0.2) is 11.4 Å². The first-order valence-electron chi connectivity index (χ1n) is 26.1. The Bertz CT molecular complexity index is 4420. The average Bonchev–Trinajstić information content (AvgIpc) is 3.85. The number of hydrogen-bond acceptors (Lipinski definition) is 0. The molecule has 0 saturated heterocycles. The van der Waals surface area contributed by atoms with Crippen molar-refractivity contribution < 1.29 is 13.2 Å². The molecule has 0 radical (unpaired) electrons. The summed E-state index contributed by atoms with van der Waals surface area (Å²) >= 11 is 0. The van der Waals surface area contributed by atoms with Crippen molar-refractivity contribution in [2.45, 2.75) is 61.6 Å². The number of fused-ring (bicyclic) bond motifs is 6. The van der Waals surface area contributed by atoms with E-state index in [0.29, 0.717) is 11.4 Å². The lowest BCUT2D eigenvalue weighted by Crippen LogP contribution is -2.08. The molecule has 0 atom stereocenters. The van der Waals surface area contributed by atoms with Crippen molar-refractivity contribution in [3.05, 3.63) is 249 Å². The van der Waals surface area contributed by atoms with Gasteiger partial charge in [-0.1, -0.05) is 172 Å². The average molecular weight is 1020 g/mol. The lowest BCUT2D eigenvalue weighted by molar-refractivity contribution is -0.137. The van der Waals surface area contributed by atoms with Crippen LogP contribution in [0.3, 0.4) is 0 Å². The van der Waals surface area contributed by atoms with Gasteiger partial charge in [0.05, 0.1) is 52.1 Å². The Kier molecular flexibility index (Phi) is 11.8. The summed E-state index contributed by atoms with van der Waals surface area (Å²) in [6.07, 6.45) is -4.84. The molecule has 0 bridgehead atoms. The van der Waals surface area contributed by atoms with Crippen LogP contribution in [-0.4, -0.2) is 9.13 Å². The summed E-state index contributed by atoms with van der Waals surface area (Å²) in [5, 5.41) is 3.89. The topological polar surface area (TPSA) is 18.6 Å². The molecule has 378 valence electrons. The fourth-order valence-electron chi connectivity index (χ4n) is 12.1. The highest BCUT2D eigenvalue weighted by atomic mass is 19.4. The Hall–Kier alpha value is -9.43. The summed E-state index contributed by atoms with van der Waals surface area (Å²) in [6.45, 7) is 33.3. The Labute approximate surface area is 452 Å². The van der Waals surface area contributed by atoms with Gasteiger partial charge in [-0.25, -0.2) is 9.69 Å². The number of aromatic nitrogens is 2. The molecule has 0 amide bonds. The zero-order chi connectivity index (χ0) is 54.5. The Morgan fingerprint density at radius 3 is 1.09 bits per heavy atom. The lowest BCUT2D eigenvalue weighted by Gasteiger charge is -2.22. The summed E-state index contributed by atoms with van der Waals surface area (Å²) in [4.78, 5) is 7.48. The van der Waals surface area contributed by atoms with Crippen molar-refractivity contribution in [3.8, 4) is 67.0 Å². The van der Waals surface area contributed by atoms with Crippen LogP contribution >= 0.6 is 0 Å². The molecule has 12 rings (SSSR count). The second kappa shape index (κ2) is 18.7. The molecule has 0 spiro atoms. The van der Waals surface area contributed by atoms with Gasteiger partial charge in [0, 0.05) is 21.5 Å². The van der Waals surface area contributed by atoms with E-state index < -0.39 is 11.7 Å². The summed E-state index contributed by atoms with van der Waals surface area (Å²) in [5.41, 5.74) is 20.8. The van der Waals surface area contributed by atoms with Crippen LogP contribution in [0, 0.1) is 68.5 Å². The van der Waals surface area contributed by atoms with Gasteiger partial charge in [-0.15, -0.1) is 0 Å². The van der Waals surface area contributed by atoms with Crippen LogP contribution < -0.4 is 0 Å². The molecule has 78 heavy (non-hydrogen) atoms. The second-order valence-corrected chi connectivity index (χ2v) is 21.4. The number of benzene rings is 10. The van der Waals surface area contributed by atoms with Crippen molar-refractivity contribution in [2.24, 2.45) is 0 Å². The van der Waals surface area contributed by atoms with Gasteiger partial charge in [0.2, 0.25) is 0 Å². The third-order valence-corrected chi connectivity index (χ3v) is 15.2. The molecule has 10 aromatic carbocycles.